The number of anilines is 2. The van der Waals surface area contributed by atoms with Crippen molar-refractivity contribution in [2.45, 2.75) is 9.79 Å². The smallest absolute Gasteiger partial charge is 0.271 e. The lowest BCUT2D eigenvalue weighted by atomic mass is 10.2. The van der Waals surface area contributed by atoms with Gasteiger partial charge in [0.15, 0.2) is 0 Å². The van der Waals surface area contributed by atoms with Crippen molar-refractivity contribution >= 4 is 44.8 Å². The number of hydrogen-bond acceptors (Lipinski definition) is 7. The Balaban J connectivity index is 1.97. The van der Waals surface area contributed by atoms with Gasteiger partial charge in [-0.1, -0.05) is 6.07 Å². The highest BCUT2D eigenvalue weighted by molar-refractivity contribution is 7.98. The van der Waals surface area contributed by atoms with Crippen LogP contribution in [0.3, 0.4) is 0 Å². The summed E-state index contributed by atoms with van der Waals surface area (Å²) in [4.78, 5) is 24.1. The third kappa shape index (κ3) is 5.64. The molecular weight excluding hydrogens is 485 g/mol. The first-order valence-corrected chi connectivity index (χ1v) is 12.4. The second kappa shape index (κ2) is 10.5. The first-order valence-electron chi connectivity index (χ1n) is 9.70. The van der Waals surface area contributed by atoms with Crippen LogP contribution < -0.4 is 14.4 Å². The quantitative estimate of drug-likeness (QED) is 0.262. The molecule has 0 unspecified atom stereocenters. The van der Waals surface area contributed by atoms with Crippen molar-refractivity contribution < 1.29 is 27.3 Å². The number of rotatable bonds is 9. The van der Waals surface area contributed by atoms with E-state index in [1.54, 1.807) is 12.1 Å². The van der Waals surface area contributed by atoms with Crippen LogP contribution in [0.4, 0.5) is 21.5 Å². The van der Waals surface area contributed by atoms with Crippen LogP contribution in [0.5, 0.6) is 5.75 Å². The van der Waals surface area contributed by atoms with E-state index in [1.165, 1.54) is 55.3 Å². The van der Waals surface area contributed by atoms with Crippen molar-refractivity contribution in [3.8, 4) is 5.75 Å². The van der Waals surface area contributed by atoms with Gasteiger partial charge in [-0.15, -0.1) is 11.8 Å². The molecular formula is C22H20FN3O6S2. The summed E-state index contributed by atoms with van der Waals surface area (Å²) >= 11 is 1.43. The fraction of sp³-hybridized carbons (Fsp3) is 0.136. The first-order chi connectivity index (χ1) is 16.1. The summed E-state index contributed by atoms with van der Waals surface area (Å²) in [5.41, 5.74) is -0.364. The molecule has 0 saturated heterocycles. The largest absolute Gasteiger partial charge is 0.495 e. The van der Waals surface area contributed by atoms with Crippen LogP contribution in [0, 0.1) is 15.9 Å². The van der Waals surface area contributed by atoms with Crippen molar-refractivity contribution in [2.75, 3.05) is 29.5 Å². The maximum Gasteiger partial charge on any atom is 0.271 e. The number of nitrogens with zero attached hydrogens (tertiary/aromatic N) is 2. The summed E-state index contributed by atoms with van der Waals surface area (Å²) < 4.78 is 46.6. The lowest BCUT2D eigenvalue weighted by molar-refractivity contribution is -0.384. The Kier molecular flexibility index (Phi) is 7.74. The van der Waals surface area contributed by atoms with Crippen LogP contribution in [0.1, 0.15) is 0 Å². The van der Waals surface area contributed by atoms with Gasteiger partial charge < -0.3 is 10.1 Å². The van der Waals surface area contributed by atoms with Gasteiger partial charge in [-0.2, -0.15) is 0 Å². The molecule has 0 radical (unpaired) electrons. The van der Waals surface area contributed by atoms with Gasteiger partial charge in [0, 0.05) is 17.0 Å². The van der Waals surface area contributed by atoms with Gasteiger partial charge in [0.05, 0.1) is 28.3 Å². The number of amides is 1. The van der Waals surface area contributed by atoms with Crippen molar-refractivity contribution in [3.63, 3.8) is 0 Å². The molecule has 3 aromatic rings. The molecule has 178 valence electrons. The number of thioether (sulfide) groups is 1. The summed E-state index contributed by atoms with van der Waals surface area (Å²) in [5.74, 6) is -1.35. The van der Waals surface area contributed by atoms with Crippen LogP contribution in [-0.4, -0.2) is 39.2 Å². The maximum absolute atomic E-state index is 13.9. The molecule has 0 fully saturated rings. The van der Waals surface area contributed by atoms with Gasteiger partial charge in [0.1, 0.15) is 18.1 Å². The highest BCUT2D eigenvalue weighted by atomic mass is 32.2. The molecule has 1 amide bonds. The molecule has 3 aromatic carbocycles. The van der Waals surface area contributed by atoms with Gasteiger partial charge in [0.2, 0.25) is 5.91 Å². The molecule has 0 aliphatic heterocycles. The number of nitrogens with one attached hydrogen (secondary N) is 1. The van der Waals surface area contributed by atoms with Gasteiger partial charge in [-0.25, -0.2) is 12.8 Å². The molecule has 12 heteroatoms. The third-order valence-corrected chi connectivity index (χ3v) is 7.23. The first kappa shape index (κ1) is 25.0. The van der Waals surface area contributed by atoms with Crippen LogP contribution in [-0.2, 0) is 14.8 Å². The lowest BCUT2D eigenvalue weighted by Crippen LogP contribution is -2.38. The highest BCUT2D eigenvalue weighted by Gasteiger charge is 2.28. The van der Waals surface area contributed by atoms with Crippen LogP contribution in [0.25, 0.3) is 0 Å². The summed E-state index contributed by atoms with van der Waals surface area (Å²) in [6, 6.07) is 14.5. The van der Waals surface area contributed by atoms with E-state index in [9.17, 15) is 27.7 Å². The average molecular weight is 506 g/mol. The van der Waals surface area contributed by atoms with Crippen LogP contribution in [0.15, 0.2) is 76.5 Å². The van der Waals surface area contributed by atoms with E-state index in [-0.39, 0.29) is 27.7 Å². The van der Waals surface area contributed by atoms with Gasteiger partial charge >= 0.3 is 0 Å². The van der Waals surface area contributed by atoms with Crippen molar-refractivity contribution in [1.82, 2.24) is 0 Å². The number of ether oxygens (including phenoxy) is 1. The van der Waals surface area contributed by atoms with Crippen molar-refractivity contribution in [3.05, 3.63) is 82.7 Å². The lowest BCUT2D eigenvalue weighted by Gasteiger charge is -2.24. The molecule has 0 spiro atoms. The normalized spacial score (nSPS) is 11.0. The molecule has 0 saturated carbocycles. The summed E-state index contributed by atoms with van der Waals surface area (Å²) in [6.07, 6.45) is 1.84. The Morgan fingerprint density at radius 2 is 1.85 bits per heavy atom. The Morgan fingerprint density at radius 3 is 2.44 bits per heavy atom. The fourth-order valence-corrected chi connectivity index (χ4v) is 4.87. The number of benzene rings is 3. The fourth-order valence-electron chi connectivity index (χ4n) is 3.05. The topological polar surface area (TPSA) is 119 Å². The predicted molar refractivity (Wildman–Crippen MR) is 127 cm³/mol. The molecule has 9 nitrogen and oxygen atoms in total. The molecule has 0 atom stereocenters. The summed E-state index contributed by atoms with van der Waals surface area (Å²) in [5, 5.41) is 13.5. The highest BCUT2D eigenvalue weighted by Crippen LogP contribution is 2.30. The Morgan fingerprint density at radius 1 is 1.15 bits per heavy atom. The van der Waals surface area contributed by atoms with E-state index >= 15 is 0 Å². The van der Waals surface area contributed by atoms with Crippen molar-refractivity contribution in [2.24, 2.45) is 0 Å². The van der Waals surface area contributed by atoms with Gasteiger partial charge in [0.25, 0.3) is 15.7 Å². The number of nitro benzene ring substituents is 1. The molecule has 0 bridgehead atoms. The van der Waals surface area contributed by atoms with Crippen LogP contribution >= 0.6 is 11.8 Å². The molecule has 0 heterocycles. The molecule has 1 N–H and O–H groups in total. The van der Waals surface area contributed by atoms with E-state index in [4.69, 9.17) is 4.74 Å². The number of halogens is 1. The number of carbonyl (C=O) groups is 1. The molecule has 0 aromatic heterocycles. The SMILES string of the molecule is COc1ccc([N+](=O)[O-])cc1NC(=O)CN(c1cccc(F)c1)S(=O)(=O)c1ccc(SC)cc1. The Labute approximate surface area is 199 Å². The molecule has 0 aliphatic rings. The van der Waals surface area contributed by atoms with E-state index in [0.29, 0.717) is 0 Å². The van der Waals surface area contributed by atoms with E-state index in [0.717, 1.165) is 27.4 Å². The second-order valence-corrected chi connectivity index (χ2v) is 9.60. The maximum atomic E-state index is 13.9. The Bertz CT molecular complexity index is 1320. The number of sulfonamides is 1. The minimum Gasteiger partial charge on any atom is -0.495 e. The monoisotopic (exact) mass is 505 g/mol. The van der Waals surface area contributed by atoms with Crippen LogP contribution in [0.2, 0.25) is 0 Å². The summed E-state index contributed by atoms with van der Waals surface area (Å²) in [6.45, 7) is -0.720. The zero-order chi connectivity index (χ0) is 24.9. The number of methoxy groups -OCH3 is 1. The predicted octanol–water partition coefficient (Wildman–Crippen LogP) is 4.30. The molecule has 34 heavy (non-hydrogen) atoms. The van der Waals surface area contributed by atoms with E-state index < -0.39 is 33.2 Å². The van der Waals surface area contributed by atoms with Gasteiger partial charge in [-0.3, -0.25) is 19.2 Å². The van der Waals surface area contributed by atoms with E-state index in [2.05, 4.69) is 5.32 Å². The second-order valence-electron chi connectivity index (χ2n) is 6.86. The zero-order valence-electron chi connectivity index (χ0n) is 18.1. The summed E-state index contributed by atoms with van der Waals surface area (Å²) in [7, 11) is -2.95. The number of nitro groups is 1. The minimum absolute atomic E-state index is 0.0115. The van der Waals surface area contributed by atoms with E-state index in [1.807, 2.05) is 6.26 Å². The number of hydrogen-bond donors (Lipinski definition) is 1. The average Bonchev–Trinajstić information content (AvgIpc) is 2.82. The molecule has 0 aliphatic carbocycles. The minimum atomic E-state index is -4.26. The number of carbonyl (C=O) groups excluding carboxylic acids is 1. The number of non-ortho nitro benzene ring substituents is 1. The standard InChI is InChI=1S/C22H20FN3O6S2/c1-32-21-11-6-17(26(28)29)13-20(21)24-22(27)14-25(16-5-3-4-15(23)12-16)34(30,31)19-9-7-18(33-2)8-10-19/h3-13H,14H2,1-2H3,(H,24,27). The zero-order valence-corrected chi connectivity index (χ0v) is 19.7. The molecule has 3 rings (SSSR count). The third-order valence-electron chi connectivity index (χ3n) is 4.70. The Hall–Kier alpha value is -3.64. The van der Waals surface area contributed by atoms with Gasteiger partial charge in [-0.05, 0) is 54.8 Å². The van der Waals surface area contributed by atoms with Crippen molar-refractivity contribution in [1.29, 1.82) is 0 Å².